The van der Waals surface area contributed by atoms with Crippen LogP contribution in [-0.2, 0) is 6.42 Å². The molecular formula is C16H23N. The number of hydrogen-bond acceptors (Lipinski definition) is 1. The minimum Gasteiger partial charge on any atom is -0.310 e. The fourth-order valence-corrected chi connectivity index (χ4v) is 3.92. The summed E-state index contributed by atoms with van der Waals surface area (Å²) in [5, 5.41) is 3.77. The first kappa shape index (κ1) is 11.3. The van der Waals surface area contributed by atoms with E-state index in [0.717, 1.165) is 18.4 Å². The first-order chi connectivity index (χ1) is 8.24. The number of benzene rings is 1. The first-order valence-electron chi connectivity index (χ1n) is 7.09. The predicted molar refractivity (Wildman–Crippen MR) is 72.4 cm³/mol. The van der Waals surface area contributed by atoms with Crippen LogP contribution in [0.5, 0.6) is 0 Å². The Hall–Kier alpha value is -0.820. The summed E-state index contributed by atoms with van der Waals surface area (Å²) >= 11 is 0. The van der Waals surface area contributed by atoms with Gasteiger partial charge in [0.25, 0.3) is 0 Å². The second-order valence-electron chi connectivity index (χ2n) is 5.81. The van der Waals surface area contributed by atoms with Crippen molar-refractivity contribution in [2.45, 2.75) is 52.0 Å². The minimum atomic E-state index is 0.607. The fraction of sp³-hybridized carbons (Fsp3) is 0.625. The van der Waals surface area contributed by atoms with Gasteiger partial charge in [-0.1, -0.05) is 26.0 Å². The van der Waals surface area contributed by atoms with E-state index >= 15 is 0 Å². The van der Waals surface area contributed by atoms with Crippen molar-refractivity contribution in [2.24, 2.45) is 5.92 Å². The largest absolute Gasteiger partial charge is 0.310 e. The van der Waals surface area contributed by atoms with Gasteiger partial charge in [-0.2, -0.15) is 0 Å². The molecule has 0 amide bonds. The molecule has 0 bridgehead atoms. The van der Waals surface area contributed by atoms with Crippen LogP contribution in [0.15, 0.2) is 12.1 Å². The Bertz CT molecular complexity index is 435. The molecule has 1 heteroatoms. The Morgan fingerprint density at radius 3 is 2.88 bits per heavy atom. The van der Waals surface area contributed by atoms with Crippen LogP contribution in [-0.4, -0.2) is 6.54 Å². The van der Waals surface area contributed by atoms with Gasteiger partial charge >= 0.3 is 0 Å². The average molecular weight is 229 g/mol. The molecule has 0 heterocycles. The summed E-state index contributed by atoms with van der Waals surface area (Å²) < 4.78 is 0. The van der Waals surface area contributed by atoms with Crippen LogP contribution in [0.1, 0.15) is 60.9 Å². The Labute approximate surface area is 105 Å². The van der Waals surface area contributed by atoms with Crippen LogP contribution < -0.4 is 5.32 Å². The monoisotopic (exact) mass is 229 g/mol. The Morgan fingerprint density at radius 2 is 2.12 bits per heavy atom. The van der Waals surface area contributed by atoms with Gasteiger partial charge in [0.1, 0.15) is 0 Å². The molecule has 3 rings (SSSR count). The molecule has 92 valence electrons. The molecule has 0 aliphatic heterocycles. The molecule has 0 saturated carbocycles. The third-order valence-corrected chi connectivity index (χ3v) is 4.78. The van der Waals surface area contributed by atoms with E-state index in [1.807, 2.05) is 0 Å². The summed E-state index contributed by atoms with van der Waals surface area (Å²) in [5.74, 6) is 1.60. The molecule has 1 aromatic rings. The molecule has 1 nitrogen and oxygen atoms in total. The normalized spacial score (nSPS) is 29.7. The standard InChI is InChI=1S/C16H23N/c1-4-9-17-16-11(3)13-8-7-12-6-5-10(2)14(16)15(12)13/h5-6,11,13,16-17H,4,7-9H2,1-3H3. The molecule has 0 aromatic heterocycles. The van der Waals surface area contributed by atoms with Gasteiger partial charge in [0.05, 0.1) is 0 Å². The second kappa shape index (κ2) is 4.13. The summed E-state index contributed by atoms with van der Waals surface area (Å²) in [7, 11) is 0. The number of aryl methyl sites for hydroxylation is 2. The van der Waals surface area contributed by atoms with Gasteiger partial charge in [-0.05, 0) is 66.8 Å². The SMILES string of the molecule is CCCNC1c2c(C)ccc3c2C(CC3)C1C. The smallest absolute Gasteiger partial charge is 0.0357 e. The van der Waals surface area contributed by atoms with Gasteiger partial charge in [-0.3, -0.25) is 0 Å². The molecule has 1 aromatic carbocycles. The third-order valence-electron chi connectivity index (χ3n) is 4.78. The molecule has 2 aliphatic carbocycles. The molecule has 0 saturated heterocycles. The molecule has 0 fully saturated rings. The van der Waals surface area contributed by atoms with Crippen LogP contribution in [0.2, 0.25) is 0 Å². The summed E-state index contributed by atoms with van der Waals surface area (Å²) in [6.45, 7) is 8.11. The number of rotatable bonds is 3. The maximum absolute atomic E-state index is 3.77. The predicted octanol–water partition coefficient (Wildman–Crippen LogP) is 3.72. The average Bonchev–Trinajstić information content (AvgIpc) is 2.85. The number of nitrogens with one attached hydrogen (secondary N) is 1. The van der Waals surface area contributed by atoms with E-state index in [-0.39, 0.29) is 0 Å². The molecule has 1 N–H and O–H groups in total. The molecule has 0 spiro atoms. The van der Waals surface area contributed by atoms with Crippen molar-refractivity contribution in [3.05, 3.63) is 34.4 Å². The van der Waals surface area contributed by atoms with E-state index in [4.69, 9.17) is 0 Å². The van der Waals surface area contributed by atoms with Crippen molar-refractivity contribution in [2.75, 3.05) is 6.54 Å². The highest BCUT2D eigenvalue weighted by atomic mass is 14.9. The quantitative estimate of drug-likeness (QED) is 0.833. The molecule has 3 atom stereocenters. The molecule has 17 heavy (non-hydrogen) atoms. The summed E-state index contributed by atoms with van der Waals surface area (Å²) in [6, 6.07) is 5.30. The van der Waals surface area contributed by atoms with Crippen LogP contribution in [0.3, 0.4) is 0 Å². The molecular weight excluding hydrogens is 206 g/mol. The van der Waals surface area contributed by atoms with Crippen molar-refractivity contribution in [3.63, 3.8) is 0 Å². The van der Waals surface area contributed by atoms with Gasteiger partial charge in [0.15, 0.2) is 0 Å². The maximum atomic E-state index is 3.77. The lowest BCUT2D eigenvalue weighted by Gasteiger charge is -2.23. The van der Waals surface area contributed by atoms with Crippen LogP contribution >= 0.6 is 0 Å². The van der Waals surface area contributed by atoms with Gasteiger partial charge in [0, 0.05) is 6.04 Å². The lowest BCUT2D eigenvalue weighted by atomic mass is 9.92. The maximum Gasteiger partial charge on any atom is 0.0357 e. The second-order valence-corrected chi connectivity index (χ2v) is 5.81. The van der Waals surface area contributed by atoms with E-state index in [1.165, 1.54) is 24.8 Å². The van der Waals surface area contributed by atoms with Gasteiger partial charge in [-0.15, -0.1) is 0 Å². The lowest BCUT2D eigenvalue weighted by Crippen LogP contribution is -2.26. The van der Waals surface area contributed by atoms with Crippen LogP contribution in [0.4, 0.5) is 0 Å². The topological polar surface area (TPSA) is 12.0 Å². The zero-order valence-electron chi connectivity index (χ0n) is 11.2. The van der Waals surface area contributed by atoms with Crippen molar-refractivity contribution in [3.8, 4) is 0 Å². The first-order valence-corrected chi connectivity index (χ1v) is 7.09. The molecule has 2 aliphatic rings. The van der Waals surface area contributed by atoms with Crippen LogP contribution in [0, 0.1) is 12.8 Å². The Balaban J connectivity index is 2.04. The van der Waals surface area contributed by atoms with Gasteiger partial charge < -0.3 is 5.32 Å². The zero-order valence-corrected chi connectivity index (χ0v) is 11.2. The molecule has 0 radical (unpaired) electrons. The van der Waals surface area contributed by atoms with Crippen molar-refractivity contribution >= 4 is 0 Å². The number of hydrogen-bond donors (Lipinski definition) is 1. The fourth-order valence-electron chi connectivity index (χ4n) is 3.92. The van der Waals surface area contributed by atoms with Crippen LogP contribution in [0.25, 0.3) is 0 Å². The summed E-state index contributed by atoms with van der Waals surface area (Å²) in [5.41, 5.74) is 6.48. The summed E-state index contributed by atoms with van der Waals surface area (Å²) in [4.78, 5) is 0. The highest BCUT2D eigenvalue weighted by Crippen LogP contribution is 2.53. The Kier molecular flexibility index (Phi) is 2.74. The van der Waals surface area contributed by atoms with E-state index in [1.54, 1.807) is 16.7 Å². The van der Waals surface area contributed by atoms with Gasteiger partial charge in [-0.25, -0.2) is 0 Å². The van der Waals surface area contributed by atoms with E-state index in [0.29, 0.717) is 6.04 Å². The van der Waals surface area contributed by atoms with Crippen molar-refractivity contribution in [1.82, 2.24) is 5.32 Å². The highest BCUT2D eigenvalue weighted by Gasteiger charge is 2.42. The van der Waals surface area contributed by atoms with E-state index in [9.17, 15) is 0 Å². The van der Waals surface area contributed by atoms with Crippen molar-refractivity contribution < 1.29 is 0 Å². The highest BCUT2D eigenvalue weighted by molar-refractivity contribution is 5.51. The van der Waals surface area contributed by atoms with E-state index < -0.39 is 0 Å². The van der Waals surface area contributed by atoms with E-state index in [2.05, 4.69) is 38.2 Å². The third kappa shape index (κ3) is 1.55. The minimum absolute atomic E-state index is 0.607. The Morgan fingerprint density at radius 1 is 1.29 bits per heavy atom. The summed E-state index contributed by atoms with van der Waals surface area (Å²) in [6.07, 6.45) is 3.90. The lowest BCUT2D eigenvalue weighted by molar-refractivity contribution is 0.362. The molecule has 3 unspecified atom stereocenters. The zero-order chi connectivity index (χ0) is 12.0. The van der Waals surface area contributed by atoms with Gasteiger partial charge in [0.2, 0.25) is 0 Å². The van der Waals surface area contributed by atoms with Crippen molar-refractivity contribution in [1.29, 1.82) is 0 Å².